The molecule has 0 amide bonds. The maximum atomic E-state index is 10.1. The molecule has 0 heterocycles. The smallest absolute Gasteiger partial charge is 0.119 e. The summed E-state index contributed by atoms with van der Waals surface area (Å²) in [4.78, 5) is 2.07. The van der Waals surface area contributed by atoms with Crippen LogP contribution in [-0.4, -0.2) is 42.4 Å². The van der Waals surface area contributed by atoms with Gasteiger partial charge in [-0.2, -0.15) is 5.26 Å². The van der Waals surface area contributed by atoms with Gasteiger partial charge in [0.05, 0.1) is 12.0 Å². The number of aliphatic hydroxyl groups is 1. The minimum Gasteiger partial charge on any atom is -0.491 e. The van der Waals surface area contributed by atoms with Gasteiger partial charge < -0.3 is 9.84 Å². The molecule has 2 atom stereocenters. The topological polar surface area (TPSA) is 56.5 Å². The summed E-state index contributed by atoms with van der Waals surface area (Å²) in [5.41, 5.74) is 2.30. The van der Waals surface area contributed by atoms with Crippen molar-refractivity contribution in [3.05, 3.63) is 29.3 Å². The molecule has 116 valence electrons. The second kappa shape index (κ2) is 8.66. The molecule has 1 rings (SSSR count). The van der Waals surface area contributed by atoms with Gasteiger partial charge in [-0.1, -0.05) is 13.0 Å². The van der Waals surface area contributed by atoms with Crippen molar-refractivity contribution in [2.45, 2.75) is 33.8 Å². The second-order valence-electron chi connectivity index (χ2n) is 5.67. The van der Waals surface area contributed by atoms with Gasteiger partial charge in [-0.3, -0.25) is 4.90 Å². The minimum absolute atomic E-state index is 0.0301. The molecule has 0 bridgehead atoms. The Morgan fingerprint density at radius 2 is 1.86 bits per heavy atom. The summed E-state index contributed by atoms with van der Waals surface area (Å²) in [5, 5.41) is 18.9. The van der Waals surface area contributed by atoms with Crippen molar-refractivity contribution in [2.75, 3.05) is 26.2 Å². The quantitative estimate of drug-likeness (QED) is 0.799. The van der Waals surface area contributed by atoms with E-state index in [4.69, 9.17) is 10.00 Å². The summed E-state index contributed by atoms with van der Waals surface area (Å²) in [6, 6.07) is 8.24. The van der Waals surface area contributed by atoms with E-state index in [0.29, 0.717) is 13.1 Å². The lowest BCUT2D eigenvalue weighted by molar-refractivity contribution is 0.0675. The van der Waals surface area contributed by atoms with Gasteiger partial charge in [0.15, 0.2) is 0 Å². The molecule has 0 spiro atoms. The lowest BCUT2D eigenvalue weighted by Gasteiger charge is -2.24. The van der Waals surface area contributed by atoms with Crippen LogP contribution in [0.15, 0.2) is 18.2 Å². The Labute approximate surface area is 128 Å². The number of nitriles is 1. The lowest BCUT2D eigenvalue weighted by atomic mass is 10.1. The molecule has 1 aromatic rings. The molecule has 0 aliphatic rings. The number of hydrogen-bond acceptors (Lipinski definition) is 4. The Morgan fingerprint density at radius 1 is 1.24 bits per heavy atom. The summed E-state index contributed by atoms with van der Waals surface area (Å²) in [6.07, 6.45) is -0.559. The number of benzene rings is 1. The molecule has 1 N–H and O–H groups in total. The fourth-order valence-corrected chi connectivity index (χ4v) is 2.32. The van der Waals surface area contributed by atoms with Crippen LogP contribution >= 0.6 is 0 Å². The number of likely N-dealkylation sites (N-methyl/N-ethyl adjacent to an activating group) is 1. The van der Waals surface area contributed by atoms with Crippen LogP contribution < -0.4 is 4.74 Å². The van der Waals surface area contributed by atoms with Crippen LogP contribution in [0.5, 0.6) is 5.75 Å². The molecule has 1 aromatic carbocycles. The molecule has 2 unspecified atom stereocenters. The van der Waals surface area contributed by atoms with Gasteiger partial charge in [-0.25, -0.2) is 0 Å². The molecule has 21 heavy (non-hydrogen) atoms. The fraction of sp³-hybridized carbons (Fsp3) is 0.588. The van der Waals surface area contributed by atoms with Crippen molar-refractivity contribution in [3.63, 3.8) is 0 Å². The van der Waals surface area contributed by atoms with Gasteiger partial charge in [-0.05, 0) is 50.6 Å². The van der Waals surface area contributed by atoms with Crippen LogP contribution in [0, 0.1) is 31.1 Å². The summed E-state index contributed by atoms with van der Waals surface area (Å²) in [7, 11) is 0. The first-order chi connectivity index (χ1) is 9.94. The molecule has 0 radical (unpaired) electrons. The highest BCUT2D eigenvalue weighted by atomic mass is 16.5. The van der Waals surface area contributed by atoms with Gasteiger partial charge in [0, 0.05) is 13.1 Å². The zero-order valence-corrected chi connectivity index (χ0v) is 13.5. The van der Waals surface area contributed by atoms with Crippen molar-refractivity contribution in [1.29, 1.82) is 5.26 Å². The Kier molecular flexibility index (Phi) is 7.21. The Bertz CT molecular complexity index is 462. The van der Waals surface area contributed by atoms with Crippen molar-refractivity contribution >= 4 is 0 Å². The first-order valence-electron chi connectivity index (χ1n) is 7.45. The van der Waals surface area contributed by atoms with Crippen LogP contribution in [0.1, 0.15) is 25.0 Å². The molecule has 4 heteroatoms. The average molecular weight is 290 g/mol. The zero-order valence-electron chi connectivity index (χ0n) is 13.5. The van der Waals surface area contributed by atoms with E-state index < -0.39 is 6.10 Å². The summed E-state index contributed by atoms with van der Waals surface area (Å²) < 4.78 is 5.66. The average Bonchev–Trinajstić information content (AvgIpc) is 2.43. The van der Waals surface area contributed by atoms with Crippen molar-refractivity contribution in [2.24, 2.45) is 5.92 Å². The Hall–Kier alpha value is -1.57. The number of aliphatic hydroxyl groups excluding tert-OH is 1. The maximum Gasteiger partial charge on any atom is 0.119 e. The lowest BCUT2D eigenvalue weighted by Crippen LogP contribution is -2.37. The minimum atomic E-state index is -0.559. The highest BCUT2D eigenvalue weighted by Gasteiger charge is 2.13. The van der Waals surface area contributed by atoms with E-state index in [-0.39, 0.29) is 12.5 Å². The number of ether oxygens (including phenoxy) is 1. The molecule has 0 saturated carbocycles. The number of nitrogens with zero attached hydrogens (tertiary/aromatic N) is 2. The normalized spacial score (nSPS) is 13.8. The van der Waals surface area contributed by atoms with Gasteiger partial charge in [0.1, 0.15) is 18.5 Å². The molecular formula is C17H26N2O2. The van der Waals surface area contributed by atoms with Crippen molar-refractivity contribution in [3.8, 4) is 11.8 Å². The first-order valence-corrected chi connectivity index (χ1v) is 7.45. The molecule has 4 nitrogen and oxygen atoms in total. The highest BCUT2D eigenvalue weighted by molar-refractivity contribution is 5.32. The molecular weight excluding hydrogens is 264 g/mol. The zero-order chi connectivity index (χ0) is 15.8. The van der Waals surface area contributed by atoms with Crippen LogP contribution in [-0.2, 0) is 0 Å². The van der Waals surface area contributed by atoms with Gasteiger partial charge in [0.2, 0.25) is 0 Å². The fourth-order valence-electron chi connectivity index (χ4n) is 2.32. The molecule has 0 aliphatic heterocycles. The summed E-state index contributed by atoms with van der Waals surface area (Å²) >= 11 is 0. The molecule has 0 fully saturated rings. The maximum absolute atomic E-state index is 10.1. The standard InChI is InChI=1S/C17H26N2O2/c1-5-19(10-15(4)9-18)11-16(20)12-21-17-7-13(2)6-14(3)8-17/h6-8,15-16,20H,5,10-12H2,1-4H3. The van der Waals surface area contributed by atoms with Gasteiger partial charge >= 0.3 is 0 Å². The summed E-state index contributed by atoms with van der Waals surface area (Å²) in [6.45, 7) is 10.2. The van der Waals surface area contributed by atoms with Crippen molar-refractivity contribution < 1.29 is 9.84 Å². The second-order valence-corrected chi connectivity index (χ2v) is 5.67. The predicted octanol–water partition coefficient (Wildman–Crippen LogP) is 2.52. The number of rotatable bonds is 8. The highest BCUT2D eigenvalue weighted by Crippen LogP contribution is 2.16. The molecule has 0 saturated heterocycles. The van der Waals surface area contributed by atoms with Crippen molar-refractivity contribution in [1.82, 2.24) is 4.90 Å². The monoisotopic (exact) mass is 290 g/mol. The van der Waals surface area contributed by atoms with Crippen LogP contribution in [0.2, 0.25) is 0 Å². The van der Waals surface area contributed by atoms with Crippen LogP contribution in [0.4, 0.5) is 0 Å². The Morgan fingerprint density at radius 3 is 2.38 bits per heavy atom. The number of hydrogen-bond donors (Lipinski definition) is 1. The van der Waals surface area contributed by atoms with E-state index in [1.807, 2.05) is 39.8 Å². The molecule has 0 aliphatic carbocycles. The van der Waals surface area contributed by atoms with E-state index in [1.165, 1.54) is 0 Å². The van der Waals surface area contributed by atoms with E-state index in [9.17, 15) is 5.11 Å². The SMILES string of the molecule is CCN(CC(C)C#N)CC(O)COc1cc(C)cc(C)c1. The number of aryl methyl sites for hydroxylation is 2. The van der Waals surface area contributed by atoms with Gasteiger partial charge in [0.25, 0.3) is 0 Å². The van der Waals surface area contributed by atoms with E-state index in [1.54, 1.807) is 0 Å². The van der Waals surface area contributed by atoms with Gasteiger partial charge in [-0.15, -0.1) is 0 Å². The van der Waals surface area contributed by atoms with Crippen LogP contribution in [0.25, 0.3) is 0 Å². The summed E-state index contributed by atoms with van der Waals surface area (Å²) in [5.74, 6) is 0.762. The third-order valence-corrected chi connectivity index (χ3v) is 3.31. The third kappa shape index (κ3) is 6.61. The molecule has 0 aromatic heterocycles. The first kappa shape index (κ1) is 17.5. The third-order valence-electron chi connectivity index (χ3n) is 3.31. The predicted molar refractivity (Wildman–Crippen MR) is 84.3 cm³/mol. The largest absolute Gasteiger partial charge is 0.491 e. The van der Waals surface area contributed by atoms with E-state index in [2.05, 4.69) is 17.0 Å². The van der Waals surface area contributed by atoms with E-state index >= 15 is 0 Å². The van der Waals surface area contributed by atoms with E-state index in [0.717, 1.165) is 23.4 Å². The Balaban J connectivity index is 2.45. The van der Waals surface area contributed by atoms with Crippen LogP contribution in [0.3, 0.4) is 0 Å².